The van der Waals surface area contributed by atoms with Crippen molar-refractivity contribution in [1.29, 1.82) is 0 Å². The number of rotatable bonds is 4. The second-order valence-electron chi connectivity index (χ2n) is 6.89. The number of nitrogens with zero attached hydrogens (tertiary/aromatic N) is 1. The molecule has 1 fully saturated rings. The van der Waals surface area contributed by atoms with Crippen molar-refractivity contribution in [3.8, 4) is 0 Å². The first-order chi connectivity index (χ1) is 9.39. The van der Waals surface area contributed by atoms with Crippen molar-refractivity contribution < 1.29 is 23.1 Å². The molecule has 1 rings (SSSR count). The minimum absolute atomic E-state index is 0.0414. The second-order valence-corrected chi connectivity index (χ2v) is 6.89. The lowest BCUT2D eigenvalue weighted by Crippen LogP contribution is -2.38. The third-order valence-electron chi connectivity index (χ3n) is 3.09. The van der Waals surface area contributed by atoms with E-state index in [-0.39, 0.29) is 42.6 Å². The molecule has 0 aromatic carbocycles. The van der Waals surface area contributed by atoms with Crippen molar-refractivity contribution in [2.45, 2.75) is 65.4 Å². The third kappa shape index (κ3) is 5.89. The molecule has 120 valence electrons. The van der Waals surface area contributed by atoms with Gasteiger partial charge in [-0.3, -0.25) is 4.79 Å². The highest BCUT2D eigenvalue weighted by Gasteiger charge is 2.46. The minimum Gasteiger partial charge on any atom is -0.442 e. The first kappa shape index (κ1) is 17.7. The van der Waals surface area contributed by atoms with Gasteiger partial charge in [0.2, 0.25) is 5.92 Å². The van der Waals surface area contributed by atoms with E-state index in [1.165, 1.54) is 0 Å². The number of carbonyl (C=O) groups is 2. The number of halogens is 2. The maximum absolute atomic E-state index is 12.9. The monoisotopic (exact) mass is 303 g/mol. The van der Waals surface area contributed by atoms with Gasteiger partial charge in [0.05, 0.1) is 5.71 Å². The Morgan fingerprint density at radius 3 is 2.19 bits per heavy atom. The Morgan fingerprint density at radius 1 is 1.29 bits per heavy atom. The largest absolute Gasteiger partial charge is 0.442 e. The van der Waals surface area contributed by atoms with Crippen LogP contribution in [0.5, 0.6) is 0 Å². The quantitative estimate of drug-likeness (QED) is 0.737. The molecule has 0 unspecified atom stereocenters. The number of hydrogen-bond acceptors (Lipinski definition) is 3. The fourth-order valence-corrected chi connectivity index (χ4v) is 2.13. The number of aliphatic imine (C=N–C) groups is 1. The third-order valence-corrected chi connectivity index (χ3v) is 3.09. The molecule has 1 amide bonds. The molecule has 1 saturated carbocycles. The van der Waals surface area contributed by atoms with Crippen LogP contribution in [0, 0.1) is 11.8 Å². The minimum atomic E-state index is -2.65. The second kappa shape index (κ2) is 6.20. The van der Waals surface area contributed by atoms with Gasteiger partial charge in [-0.15, -0.1) is 0 Å². The predicted octanol–water partition coefficient (Wildman–Crippen LogP) is 4.02. The van der Waals surface area contributed by atoms with Crippen LogP contribution in [-0.2, 0) is 9.53 Å². The van der Waals surface area contributed by atoms with E-state index in [9.17, 15) is 18.4 Å². The lowest BCUT2D eigenvalue weighted by molar-refractivity contribution is -0.117. The summed E-state index contributed by atoms with van der Waals surface area (Å²) in [4.78, 5) is 27.5. The number of carbonyl (C=O) groups excluding carboxylic acids is 2. The summed E-state index contributed by atoms with van der Waals surface area (Å²) in [5, 5.41) is 0. The van der Waals surface area contributed by atoms with E-state index in [0.717, 1.165) is 0 Å². The fraction of sp³-hybridized carbons (Fsp3) is 0.800. The Kier molecular flexibility index (Phi) is 5.23. The molecule has 0 N–H and O–H groups in total. The number of ketones is 1. The standard InChI is InChI=1S/C15H23F2NO3/c1-9(2)12(19)11(6-10-7-15(16,17)8-10)18-13(20)21-14(3,4)5/h9-10H,6-8H2,1-5H3. The van der Waals surface area contributed by atoms with Gasteiger partial charge in [-0.1, -0.05) is 13.8 Å². The maximum Gasteiger partial charge on any atom is 0.434 e. The molecule has 0 spiro atoms. The Morgan fingerprint density at radius 2 is 1.81 bits per heavy atom. The number of hydrogen-bond donors (Lipinski definition) is 0. The molecule has 6 heteroatoms. The van der Waals surface area contributed by atoms with Crippen LogP contribution >= 0.6 is 0 Å². The van der Waals surface area contributed by atoms with Gasteiger partial charge >= 0.3 is 6.09 Å². The van der Waals surface area contributed by atoms with E-state index in [1.54, 1.807) is 34.6 Å². The highest BCUT2D eigenvalue weighted by atomic mass is 19.3. The molecule has 4 nitrogen and oxygen atoms in total. The summed E-state index contributed by atoms with van der Waals surface area (Å²) >= 11 is 0. The molecule has 0 aromatic rings. The van der Waals surface area contributed by atoms with Crippen molar-refractivity contribution >= 4 is 17.6 Å². The zero-order valence-corrected chi connectivity index (χ0v) is 13.2. The van der Waals surface area contributed by atoms with E-state index in [0.29, 0.717) is 0 Å². The Balaban J connectivity index is 2.78. The van der Waals surface area contributed by atoms with E-state index in [2.05, 4.69) is 4.99 Å². The van der Waals surface area contributed by atoms with Crippen molar-refractivity contribution in [2.75, 3.05) is 0 Å². The summed E-state index contributed by atoms with van der Waals surface area (Å²) in [7, 11) is 0. The van der Waals surface area contributed by atoms with Gasteiger partial charge in [-0.25, -0.2) is 13.6 Å². The van der Waals surface area contributed by atoms with Crippen LogP contribution in [0.15, 0.2) is 4.99 Å². The number of alkyl halides is 2. The van der Waals surface area contributed by atoms with Crippen LogP contribution < -0.4 is 0 Å². The summed E-state index contributed by atoms with van der Waals surface area (Å²) in [5.41, 5.74) is -0.671. The van der Waals surface area contributed by atoms with Crippen molar-refractivity contribution in [2.24, 2.45) is 16.8 Å². The average Bonchev–Trinajstić information content (AvgIpc) is 2.21. The van der Waals surface area contributed by atoms with Crippen LogP contribution in [-0.4, -0.2) is 29.1 Å². The molecule has 21 heavy (non-hydrogen) atoms. The smallest absolute Gasteiger partial charge is 0.434 e. The van der Waals surface area contributed by atoms with Gasteiger partial charge < -0.3 is 4.74 Å². The first-order valence-electron chi connectivity index (χ1n) is 7.12. The topological polar surface area (TPSA) is 55.7 Å². The Hall–Kier alpha value is -1.33. The Bertz CT molecular complexity index is 442. The first-order valence-corrected chi connectivity index (χ1v) is 7.12. The normalized spacial score (nSPS) is 19.3. The lowest BCUT2D eigenvalue weighted by Gasteiger charge is -2.35. The van der Waals surface area contributed by atoms with Gasteiger partial charge in [0, 0.05) is 18.8 Å². The summed E-state index contributed by atoms with van der Waals surface area (Å²) in [6.07, 6.45) is -1.26. The zero-order valence-electron chi connectivity index (χ0n) is 13.2. The molecular formula is C15H23F2NO3. The van der Waals surface area contributed by atoms with Crippen LogP contribution in [0.1, 0.15) is 53.9 Å². The molecule has 0 atom stereocenters. The number of amides is 1. The van der Waals surface area contributed by atoms with Gasteiger partial charge in [0.1, 0.15) is 5.60 Å². The van der Waals surface area contributed by atoms with E-state index < -0.39 is 17.6 Å². The molecule has 0 heterocycles. The van der Waals surface area contributed by atoms with Crippen LogP contribution in [0.25, 0.3) is 0 Å². The van der Waals surface area contributed by atoms with E-state index >= 15 is 0 Å². The van der Waals surface area contributed by atoms with Gasteiger partial charge in [0.25, 0.3) is 0 Å². The van der Waals surface area contributed by atoms with Crippen molar-refractivity contribution in [1.82, 2.24) is 0 Å². The molecule has 0 bridgehead atoms. The highest BCUT2D eigenvalue weighted by Crippen LogP contribution is 2.44. The van der Waals surface area contributed by atoms with Crippen molar-refractivity contribution in [3.05, 3.63) is 0 Å². The lowest BCUT2D eigenvalue weighted by atomic mass is 9.77. The van der Waals surface area contributed by atoms with Gasteiger partial charge in [-0.2, -0.15) is 4.99 Å². The summed E-state index contributed by atoms with van der Waals surface area (Å²) in [5.74, 6) is -3.59. The Labute approximate surface area is 124 Å². The van der Waals surface area contributed by atoms with Crippen LogP contribution in [0.2, 0.25) is 0 Å². The summed E-state index contributed by atoms with van der Waals surface area (Å²) < 4.78 is 30.8. The zero-order chi connectivity index (χ0) is 16.4. The van der Waals surface area contributed by atoms with Crippen molar-refractivity contribution in [3.63, 3.8) is 0 Å². The molecule has 0 aromatic heterocycles. The average molecular weight is 303 g/mol. The summed E-state index contributed by atoms with van der Waals surface area (Å²) in [6, 6.07) is 0. The maximum atomic E-state index is 12.9. The molecule has 0 radical (unpaired) electrons. The summed E-state index contributed by atoms with van der Waals surface area (Å²) in [6.45, 7) is 8.44. The molecule has 0 saturated heterocycles. The number of Topliss-reactive ketones (excluding diaryl/α,β-unsaturated/α-hetero) is 1. The fourth-order valence-electron chi connectivity index (χ4n) is 2.13. The van der Waals surface area contributed by atoms with E-state index in [4.69, 9.17) is 4.74 Å². The molecular weight excluding hydrogens is 280 g/mol. The van der Waals surface area contributed by atoms with Crippen LogP contribution in [0.4, 0.5) is 13.6 Å². The van der Waals surface area contributed by atoms with Gasteiger partial charge in [-0.05, 0) is 33.1 Å². The SMILES string of the molecule is CC(C)C(=O)C(CC1CC(F)(F)C1)=NC(=O)OC(C)(C)C. The highest BCUT2D eigenvalue weighted by molar-refractivity contribution is 6.41. The molecule has 1 aliphatic carbocycles. The molecule has 0 aliphatic heterocycles. The van der Waals surface area contributed by atoms with E-state index in [1.807, 2.05) is 0 Å². The predicted molar refractivity (Wildman–Crippen MR) is 75.8 cm³/mol. The van der Waals surface area contributed by atoms with Crippen LogP contribution in [0.3, 0.4) is 0 Å². The molecule has 1 aliphatic rings. The number of ether oxygens (including phenoxy) is 1. The van der Waals surface area contributed by atoms with Gasteiger partial charge in [0.15, 0.2) is 5.78 Å².